The normalized spacial score (nSPS) is 9.95. The number of carbonyl (C=O) groups excluding carboxylic acids is 2. The van der Waals surface area contributed by atoms with Gasteiger partial charge in [-0.2, -0.15) is 0 Å². The maximum Gasteiger partial charge on any atom is 0.254 e. The third-order valence-electron chi connectivity index (χ3n) is 2.48. The number of furan rings is 1. The highest BCUT2D eigenvalue weighted by molar-refractivity contribution is 5.94. The standard InChI is InChI=1S/C13H18N2O4/c1-2-6-15(7-8-16)12(17)3-5-14-13(18)11-4-9-19-10-11/h2,4,9-10,16H,1,3,5-8H2,(H,14,18). The first-order chi connectivity index (χ1) is 9.19. The third kappa shape index (κ3) is 4.97. The van der Waals surface area contributed by atoms with Gasteiger partial charge in [-0.15, -0.1) is 6.58 Å². The topological polar surface area (TPSA) is 82.8 Å². The van der Waals surface area contributed by atoms with Gasteiger partial charge in [0.2, 0.25) is 5.91 Å². The van der Waals surface area contributed by atoms with Crippen molar-refractivity contribution in [2.45, 2.75) is 6.42 Å². The molecule has 0 bridgehead atoms. The van der Waals surface area contributed by atoms with Gasteiger partial charge in [0, 0.05) is 26.1 Å². The molecule has 0 saturated carbocycles. The summed E-state index contributed by atoms with van der Waals surface area (Å²) in [6.45, 7) is 4.34. The lowest BCUT2D eigenvalue weighted by Gasteiger charge is -2.19. The van der Waals surface area contributed by atoms with Crippen LogP contribution in [0.15, 0.2) is 35.7 Å². The fourth-order valence-electron chi connectivity index (χ4n) is 1.53. The number of amides is 2. The first kappa shape index (κ1) is 15.0. The van der Waals surface area contributed by atoms with E-state index in [0.29, 0.717) is 12.1 Å². The van der Waals surface area contributed by atoms with Gasteiger partial charge in [-0.3, -0.25) is 9.59 Å². The first-order valence-electron chi connectivity index (χ1n) is 5.99. The van der Waals surface area contributed by atoms with Crippen molar-refractivity contribution in [3.63, 3.8) is 0 Å². The monoisotopic (exact) mass is 266 g/mol. The van der Waals surface area contributed by atoms with Crippen LogP contribution < -0.4 is 5.32 Å². The summed E-state index contributed by atoms with van der Waals surface area (Å²) in [5.74, 6) is -0.416. The van der Waals surface area contributed by atoms with Crippen LogP contribution in [-0.4, -0.2) is 48.1 Å². The zero-order chi connectivity index (χ0) is 14.1. The van der Waals surface area contributed by atoms with E-state index in [-0.39, 0.29) is 37.9 Å². The van der Waals surface area contributed by atoms with Crippen LogP contribution in [0.4, 0.5) is 0 Å². The molecule has 0 aromatic carbocycles. The molecule has 104 valence electrons. The fraction of sp³-hybridized carbons (Fsp3) is 0.385. The summed E-state index contributed by atoms with van der Waals surface area (Å²) in [4.78, 5) is 24.8. The number of hydrogen-bond donors (Lipinski definition) is 2. The van der Waals surface area contributed by atoms with E-state index in [9.17, 15) is 9.59 Å². The van der Waals surface area contributed by atoms with Crippen molar-refractivity contribution in [3.8, 4) is 0 Å². The Kier molecular flexibility index (Phi) is 6.38. The second-order valence-electron chi connectivity index (χ2n) is 3.87. The Balaban J connectivity index is 2.33. The molecule has 0 aliphatic heterocycles. The van der Waals surface area contributed by atoms with Gasteiger partial charge in [0.1, 0.15) is 6.26 Å². The molecular weight excluding hydrogens is 248 g/mol. The smallest absolute Gasteiger partial charge is 0.254 e. The number of nitrogens with zero attached hydrogens (tertiary/aromatic N) is 1. The minimum absolute atomic E-state index is 0.0963. The van der Waals surface area contributed by atoms with E-state index in [4.69, 9.17) is 9.52 Å². The highest BCUT2D eigenvalue weighted by Crippen LogP contribution is 1.99. The Morgan fingerprint density at radius 3 is 2.89 bits per heavy atom. The van der Waals surface area contributed by atoms with E-state index in [2.05, 4.69) is 11.9 Å². The second-order valence-corrected chi connectivity index (χ2v) is 3.87. The summed E-state index contributed by atoms with van der Waals surface area (Å²) in [6, 6.07) is 1.55. The molecule has 6 heteroatoms. The Bertz CT molecular complexity index is 414. The maximum atomic E-state index is 11.8. The molecule has 0 aliphatic carbocycles. The molecule has 1 aromatic rings. The van der Waals surface area contributed by atoms with Crippen molar-refractivity contribution in [1.82, 2.24) is 10.2 Å². The van der Waals surface area contributed by atoms with Crippen LogP contribution >= 0.6 is 0 Å². The molecule has 0 atom stereocenters. The average molecular weight is 266 g/mol. The number of hydrogen-bond acceptors (Lipinski definition) is 4. The first-order valence-corrected chi connectivity index (χ1v) is 5.99. The van der Waals surface area contributed by atoms with Crippen molar-refractivity contribution in [2.75, 3.05) is 26.2 Å². The quantitative estimate of drug-likeness (QED) is 0.667. The van der Waals surface area contributed by atoms with Gasteiger partial charge < -0.3 is 19.7 Å². The van der Waals surface area contributed by atoms with Crippen LogP contribution in [0.1, 0.15) is 16.8 Å². The van der Waals surface area contributed by atoms with Gasteiger partial charge in [-0.05, 0) is 6.07 Å². The summed E-state index contributed by atoms with van der Waals surface area (Å²) in [5, 5.41) is 11.5. The van der Waals surface area contributed by atoms with Gasteiger partial charge in [0.15, 0.2) is 0 Å². The minimum atomic E-state index is -0.279. The highest BCUT2D eigenvalue weighted by atomic mass is 16.3. The van der Waals surface area contributed by atoms with Crippen molar-refractivity contribution in [1.29, 1.82) is 0 Å². The molecule has 1 heterocycles. The van der Waals surface area contributed by atoms with Crippen molar-refractivity contribution in [2.24, 2.45) is 0 Å². The van der Waals surface area contributed by atoms with Crippen LogP contribution in [0.2, 0.25) is 0 Å². The van der Waals surface area contributed by atoms with E-state index in [1.165, 1.54) is 17.4 Å². The lowest BCUT2D eigenvalue weighted by molar-refractivity contribution is -0.131. The van der Waals surface area contributed by atoms with E-state index < -0.39 is 0 Å². The number of aliphatic hydroxyl groups is 1. The molecule has 0 unspecified atom stereocenters. The highest BCUT2D eigenvalue weighted by Gasteiger charge is 2.12. The molecule has 1 rings (SSSR count). The van der Waals surface area contributed by atoms with Crippen LogP contribution in [0.5, 0.6) is 0 Å². The van der Waals surface area contributed by atoms with E-state index in [0.717, 1.165) is 0 Å². The molecule has 0 spiro atoms. The molecule has 1 aromatic heterocycles. The number of nitrogens with one attached hydrogen (secondary N) is 1. The van der Waals surface area contributed by atoms with Gasteiger partial charge in [0.05, 0.1) is 18.4 Å². The summed E-state index contributed by atoms with van der Waals surface area (Å²) < 4.78 is 4.79. The van der Waals surface area contributed by atoms with Crippen molar-refractivity contribution in [3.05, 3.63) is 36.8 Å². The number of carbonyl (C=O) groups is 2. The molecule has 2 N–H and O–H groups in total. The van der Waals surface area contributed by atoms with Crippen LogP contribution in [0.25, 0.3) is 0 Å². The Morgan fingerprint density at radius 2 is 2.32 bits per heavy atom. The molecule has 2 amide bonds. The molecule has 19 heavy (non-hydrogen) atoms. The minimum Gasteiger partial charge on any atom is -0.472 e. The molecule has 0 fully saturated rings. The van der Waals surface area contributed by atoms with Crippen molar-refractivity contribution < 1.29 is 19.1 Å². The predicted octanol–water partition coefficient (Wildman–Crippen LogP) is 0.406. The summed E-state index contributed by atoms with van der Waals surface area (Å²) in [6.07, 6.45) is 4.52. The SMILES string of the molecule is C=CCN(CCO)C(=O)CCNC(=O)c1ccoc1. The maximum absolute atomic E-state index is 11.8. The predicted molar refractivity (Wildman–Crippen MR) is 69.5 cm³/mol. The largest absolute Gasteiger partial charge is 0.472 e. The molecule has 0 radical (unpaired) electrons. The number of rotatable bonds is 8. The zero-order valence-electron chi connectivity index (χ0n) is 10.7. The Hall–Kier alpha value is -2.08. The Morgan fingerprint density at radius 1 is 1.53 bits per heavy atom. The third-order valence-corrected chi connectivity index (χ3v) is 2.48. The van der Waals surface area contributed by atoms with E-state index in [1.54, 1.807) is 12.1 Å². The summed E-state index contributed by atoms with van der Waals surface area (Å²) in [5.41, 5.74) is 0.422. The van der Waals surface area contributed by atoms with Gasteiger partial charge in [0.25, 0.3) is 5.91 Å². The summed E-state index contributed by atoms with van der Waals surface area (Å²) >= 11 is 0. The van der Waals surface area contributed by atoms with Crippen molar-refractivity contribution >= 4 is 11.8 Å². The molecule has 0 saturated heterocycles. The van der Waals surface area contributed by atoms with Crippen LogP contribution in [0, 0.1) is 0 Å². The fourth-order valence-corrected chi connectivity index (χ4v) is 1.53. The zero-order valence-corrected chi connectivity index (χ0v) is 10.7. The second kappa shape index (κ2) is 8.10. The Labute approximate surface area is 111 Å². The van der Waals surface area contributed by atoms with Crippen LogP contribution in [0.3, 0.4) is 0 Å². The lowest BCUT2D eigenvalue weighted by Crippen LogP contribution is -2.36. The van der Waals surface area contributed by atoms with Gasteiger partial charge in [-0.25, -0.2) is 0 Å². The van der Waals surface area contributed by atoms with Gasteiger partial charge in [-0.1, -0.05) is 6.08 Å². The molecular formula is C13H18N2O4. The molecule has 6 nitrogen and oxygen atoms in total. The van der Waals surface area contributed by atoms with E-state index >= 15 is 0 Å². The van der Waals surface area contributed by atoms with E-state index in [1.807, 2.05) is 0 Å². The summed E-state index contributed by atoms with van der Waals surface area (Å²) in [7, 11) is 0. The number of aliphatic hydroxyl groups excluding tert-OH is 1. The van der Waals surface area contributed by atoms with Gasteiger partial charge >= 0.3 is 0 Å². The lowest BCUT2D eigenvalue weighted by atomic mass is 10.3. The average Bonchev–Trinajstić information content (AvgIpc) is 2.92. The molecule has 0 aliphatic rings. The van der Waals surface area contributed by atoms with Crippen LogP contribution in [-0.2, 0) is 4.79 Å².